The van der Waals surface area contributed by atoms with Gasteiger partial charge in [-0.15, -0.1) is 0 Å². The second-order valence-electron chi connectivity index (χ2n) is 7.02. The Morgan fingerprint density at radius 3 is 2.72 bits per heavy atom. The van der Waals surface area contributed by atoms with Gasteiger partial charge in [0.15, 0.2) is 5.76 Å². The summed E-state index contributed by atoms with van der Waals surface area (Å²) in [4.78, 5) is 14.2. The topological polar surface area (TPSA) is 67.6 Å². The predicted octanol–water partition coefficient (Wildman–Crippen LogP) is 4.07. The van der Waals surface area contributed by atoms with Gasteiger partial charge in [-0.1, -0.05) is 24.2 Å². The van der Waals surface area contributed by atoms with Crippen LogP contribution in [-0.4, -0.2) is 35.3 Å². The van der Waals surface area contributed by atoms with Crippen LogP contribution in [-0.2, 0) is 6.54 Å². The first-order chi connectivity index (χ1) is 11.8. The fourth-order valence-electron chi connectivity index (χ4n) is 2.42. The highest BCUT2D eigenvalue weighted by Gasteiger charge is 2.20. The lowest BCUT2D eigenvalue weighted by Gasteiger charge is -2.27. The lowest BCUT2D eigenvalue weighted by molar-refractivity contribution is 0.184. The second-order valence-corrected chi connectivity index (χ2v) is 7.02. The van der Waals surface area contributed by atoms with Crippen molar-refractivity contribution < 1.29 is 14.1 Å². The van der Waals surface area contributed by atoms with Gasteiger partial charge in [-0.05, 0) is 39.3 Å². The summed E-state index contributed by atoms with van der Waals surface area (Å²) in [6, 6.07) is 9.36. The van der Waals surface area contributed by atoms with E-state index < -0.39 is 0 Å². The summed E-state index contributed by atoms with van der Waals surface area (Å²) in [6.07, 6.45) is 0.873. The van der Waals surface area contributed by atoms with E-state index in [0.29, 0.717) is 18.8 Å². The number of methoxy groups -OCH3 is 1. The van der Waals surface area contributed by atoms with E-state index in [1.54, 1.807) is 12.0 Å². The number of ether oxygens (including phenoxy) is 1. The molecular weight excluding hydrogens is 318 g/mol. The summed E-state index contributed by atoms with van der Waals surface area (Å²) in [5.41, 5.74) is 1.33. The molecule has 0 bridgehead atoms. The molecule has 136 valence electrons. The number of nitrogens with one attached hydrogen (secondary N) is 1. The molecule has 0 fully saturated rings. The fraction of sp³-hybridized carbons (Fsp3) is 0.474. The highest BCUT2D eigenvalue weighted by molar-refractivity contribution is 5.75. The van der Waals surface area contributed by atoms with Crippen molar-refractivity contribution in [2.24, 2.45) is 0 Å². The van der Waals surface area contributed by atoms with Gasteiger partial charge in [0.2, 0.25) is 0 Å². The first-order valence-electron chi connectivity index (χ1n) is 8.49. The molecule has 25 heavy (non-hydrogen) atoms. The van der Waals surface area contributed by atoms with E-state index in [1.807, 2.05) is 58.0 Å². The Balaban J connectivity index is 2.12. The van der Waals surface area contributed by atoms with Crippen LogP contribution < -0.4 is 10.1 Å². The third kappa shape index (κ3) is 5.52. The summed E-state index contributed by atoms with van der Waals surface area (Å²) in [5, 5.41) is 7.10. The van der Waals surface area contributed by atoms with Crippen LogP contribution >= 0.6 is 0 Å². The maximum Gasteiger partial charge on any atom is 0.318 e. The Labute approximate surface area is 149 Å². The molecular formula is C19H27N3O3. The van der Waals surface area contributed by atoms with Crippen LogP contribution in [0.3, 0.4) is 0 Å². The first kappa shape index (κ1) is 18.8. The lowest BCUT2D eigenvalue weighted by atomic mass is 10.1. The van der Waals surface area contributed by atoms with E-state index in [4.69, 9.17) is 9.26 Å². The summed E-state index contributed by atoms with van der Waals surface area (Å²) in [7, 11) is 1.63. The Kier molecular flexibility index (Phi) is 6.07. The van der Waals surface area contributed by atoms with Gasteiger partial charge in [-0.2, -0.15) is 0 Å². The Morgan fingerprint density at radius 1 is 1.32 bits per heavy atom. The molecule has 6 nitrogen and oxygen atoms in total. The maximum absolute atomic E-state index is 12.5. The standard InChI is InChI=1S/C19H27N3O3/c1-6-10-22(18(23)20-19(2,3)4)13-15-12-17(25-21-15)14-8-7-9-16(11-14)24-5/h7-9,11-12H,6,10,13H2,1-5H3,(H,20,23). The number of rotatable bonds is 6. The van der Waals surface area contributed by atoms with E-state index in [2.05, 4.69) is 10.5 Å². The predicted molar refractivity (Wildman–Crippen MR) is 97.5 cm³/mol. The molecule has 0 aliphatic heterocycles. The third-order valence-corrected chi connectivity index (χ3v) is 3.53. The lowest BCUT2D eigenvalue weighted by Crippen LogP contribution is -2.48. The summed E-state index contributed by atoms with van der Waals surface area (Å²) in [6.45, 7) is 9.00. The highest BCUT2D eigenvalue weighted by atomic mass is 16.5. The molecule has 1 aromatic heterocycles. The van der Waals surface area contributed by atoms with E-state index >= 15 is 0 Å². The van der Waals surface area contributed by atoms with Gasteiger partial charge in [0.05, 0.1) is 13.7 Å². The van der Waals surface area contributed by atoms with Crippen LogP contribution in [0.25, 0.3) is 11.3 Å². The molecule has 2 aromatic rings. The average molecular weight is 345 g/mol. The Hall–Kier alpha value is -2.50. The van der Waals surface area contributed by atoms with Crippen LogP contribution in [0, 0.1) is 0 Å². The minimum Gasteiger partial charge on any atom is -0.497 e. The number of aromatic nitrogens is 1. The van der Waals surface area contributed by atoms with Gasteiger partial charge in [-0.25, -0.2) is 4.79 Å². The molecule has 2 amide bonds. The van der Waals surface area contributed by atoms with Gasteiger partial charge in [0.25, 0.3) is 0 Å². The van der Waals surface area contributed by atoms with Crippen molar-refractivity contribution >= 4 is 6.03 Å². The number of hydrogen-bond donors (Lipinski definition) is 1. The SMILES string of the molecule is CCCN(Cc1cc(-c2cccc(OC)c2)on1)C(=O)NC(C)(C)C. The molecule has 0 radical (unpaired) electrons. The van der Waals surface area contributed by atoms with Crippen molar-refractivity contribution in [3.8, 4) is 17.1 Å². The molecule has 0 aliphatic rings. The summed E-state index contributed by atoms with van der Waals surface area (Å²) >= 11 is 0. The molecule has 1 aromatic carbocycles. The number of carbonyl (C=O) groups is 1. The smallest absolute Gasteiger partial charge is 0.318 e. The first-order valence-corrected chi connectivity index (χ1v) is 8.49. The van der Waals surface area contributed by atoms with Crippen molar-refractivity contribution in [3.05, 3.63) is 36.0 Å². The molecule has 1 heterocycles. The average Bonchev–Trinajstić information content (AvgIpc) is 3.01. The van der Waals surface area contributed by atoms with E-state index in [1.165, 1.54) is 0 Å². The third-order valence-electron chi connectivity index (χ3n) is 3.53. The van der Waals surface area contributed by atoms with Crippen molar-refractivity contribution in [2.45, 2.75) is 46.2 Å². The number of benzene rings is 1. The number of nitrogens with zero attached hydrogens (tertiary/aromatic N) is 2. The Morgan fingerprint density at radius 2 is 2.08 bits per heavy atom. The largest absolute Gasteiger partial charge is 0.497 e. The van der Waals surface area contributed by atoms with E-state index in [0.717, 1.165) is 23.4 Å². The van der Waals surface area contributed by atoms with Crippen LogP contribution in [0.5, 0.6) is 5.75 Å². The molecule has 2 rings (SSSR count). The van der Waals surface area contributed by atoms with Gasteiger partial charge in [0.1, 0.15) is 11.4 Å². The van der Waals surface area contributed by atoms with Gasteiger partial charge in [0, 0.05) is 23.7 Å². The fourth-order valence-corrected chi connectivity index (χ4v) is 2.42. The number of urea groups is 1. The maximum atomic E-state index is 12.5. The highest BCUT2D eigenvalue weighted by Crippen LogP contribution is 2.24. The number of amides is 2. The molecule has 0 atom stereocenters. The van der Waals surface area contributed by atoms with Gasteiger partial charge < -0.3 is 19.5 Å². The van der Waals surface area contributed by atoms with Crippen LogP contribution in [0.4, 0.5) is 4.79 Å². The van der Waals surface area contributed by atoms with E-state index in [9.17, 15) is 4.79 Å². The Bertz CT molecular complexity index is 704. The molecule has 1 N–H and O–H groups in total. The zero-order valence-electron chi connectivity index (χ0n) is 15.6. The number of carbonyl (C=O) groups excluding carboxylic acids is 1. The quantitative estimate of drug-likeness (QED) is 0.857. The van der Waals surface area contributed by atoms with Crippen molar-refractivity contribution in [2.75, 3.05) is 13.7 Å². The monoisotopic (exact) mass is 345 g/mol. The second kappa shape index (κ2) is 8.05. The minimum absolute atomic E-state index is 0.0970. The molecule has 0 spiro atoms. The molecule has 0 aliphatic carbocycles. The van der Waals surface area contributed by atoms with Gasteiger partial charge >= 0.3 is 6.03 Å². The van der Waals surface area contributed by atoms with Crippen LogP contribution in [0.1, 0.15) is 39.8 Å². The number of hydrogen-bond acceptors (Lipinski definition) is 4. The minimum atomic E-state index is -0.279. The van der Waals surface area contributed by atoms with Crippen molar-refractivity contribution in [3.63, 3.8) is 0 Å². The molecule has 0 unspecified atom stereocenters. The van der Waals surface area contributed by atoms with Crippen molar-refractivity contribution in [1.82, 2.24) is 15.4 Å². The zero-order chi connectivity index (χ0) is 18.4. The molecule has 0 saturated heterocycles. The van der Waals surface area contributed by atoms with Crippen molar-refractivity contribution in [1.29, 1.82) is 0 Å². The van der Waals surface area contributed by atoms with E-state index in [-0.39, 0.29) is 11.6 Å². The normalized spacial score (nSPS) is 11.2. The zero-order valence-corrected chi connectivity index (χ0v) is 15.6. The summed E-state index contributed by atoms with van der Waals surface area (Å²) < 4.78 is 10.7. The molecule has 0 saturated carbocycles. The van der Waals surface area contributed by atoms with Crippen LogP contribution in [0.2, 0.25) is 0 Å². The summed E-state index contributed by atoms with van der Waals surface area (Å²) in [5.74, 6) is 1.41. The van der Waals surface area contributed by atoms with Crippen LogP contribution in [0.15, 0.2) is 34.9 Å². The molecule has 6 heteroatoms. The van der Waals surface area contributed by atoms with Gasteiger partial charge in [-0.3, -0.25) is 0 Å².